The van der Waals surface area contributed by atoms with Crippen LogP contribution in [0.1, 0.15) is 12.8 Å². The van der Waals surface area contributed by atoms with Crippen molar-refractivity contribution in [3.8, 4) is 10.6 Å². The number of carbonyl (C=O) groups excluding carboxylic acids is 1. The molecule has 1 fully saturated rings. The van der Waals surface area contributed by atoms with Crippen LogP contribution < -0.4 is 10.2 Å². The number of halogens is 1. The molecule has 4 rings (SSSR count). The Balaban J connectivity index is 1.43. The topological polar surface area (TPSA) is 101 Å². The number of rotatable bonds is 5. The summed E-state index contributed by atoms with van der Waals surface area (Å²) < 4.78 is 0. The number of aromatic nitrogens is 2. The van der Waals surface area contributed by atoms with E-state index < -0.39 is 4.92 Å². The molecule has 1 aliphatic rings. The predicted molar refractivity (Wildman–Crippen MR) is 117 cm³/mol. The lowest BCUT2D eigenvalue weighted by molar-refractivity contribution is -0.384. The van der Waals surface area contributed by atoms with Crippen LogP contribution in [0.4, 0.5) is 17.2 Å². The van der Waals surface area contributed by atoms with Crippen molar-refractivity contribution < 1.29 is 9.72 Å². The van der Waals surface area contributed by atoms with Crippen LogP contribution in [0.3, 0.4) is 0 Å². The van der Waals surface area contributed by atoms with Crippen LogP contribution in [0.15, 0.2) is 47.8 Å². The van der Waals surface area contributed by atoms with Crippen LogP contribution in [0, 0.1) is 16.0 Å². The number of hydrogen-bond acceptors (Lipinski definition) is 7. The lowest BCUT2D eigenvalue weighted by Gasteiger charge is -2.32. The van der Waals surface area contributed by atoms with Gasteiger partial charge in [-0.15, -0.1) is 21.5 Å². The SMILES string of the molecule is O=C(Nc1ccc(Cl)c([N+](=O)[O-])c1)C1CCCN(c2ccc(-c3cccs3)nn2)C1. The van der Waals surface area contributed by atoms with E-state index in [1.807, 2.05) is 34.5 Å². The molecule has 30 heavy (non-hydrogen) atoms. The van der Waals surface area contributed by atoms with Crippen LogP contribution in [0.2, 0.25) is 5.02 Å². The number of nitrogens with zero attached hydrogens (tertiary/aromatic N) is 4. The van der Waals surface area contributed by atoms with Crippen molar-refractivity contribution in [2.75, 3.05) is 23.3 Å². The molecule has 0 radical (unpaired) electrons. The van der Waals surface area contributed by atoms with E-state index in [4.69, 9.17) is 11.6 Å². The lowest BCUT2D eigenvalue weighted by Crippen LogP contribution is -2.41. The minimum Gasteiger partial charge on any atom is -0.354 e. The number of benzene rings is 1. The third-order valence-corrected chi connectivity index (χ3v) is 6.16. The lowest BCUT2D eigenvalue weighted by atomic mass is 9.97. The van der Waals surface area contributed by atoms with Gasteiger partial charge in [0.2, 0.25) is 5.91 Å². The Hall–Kier alpha value is -3.04. The van der Waals surface area contributed by atoms with Gasteiger partial charge in [-0.25, -0.2) is 0 Å². The molecule has 1 saturated heterocycles. The van der Waals surface area contributed by atoms with Crippen LogP contribution in [-0.4, -0.2) is 34.1 Å². The summed E-state index contributed by atoms with van der Waals surface area (Å²) in [6, 6.07) is 12.1. The summed E-state index contributed by atoms with van der Waals surface area (Å²) in [5, 5.41) is 24.5. The highest BCUT2D eigenvalue weighted by molar-refractivity contribution is 7.13. The standard InChI is InChI=1S/C20H18ClN5O3S/c21-15-6-5-14(11-17(15)26(28)29)22-20(27)13-3-1-9-25(12-13)19-8-7-16(23-24-19)18-4-2-10-30-18/h2,4-8,10-11,13H,1,3,9,12H2,(H,22,27). The molecule has 10 heteroatoms. The zero-order valence-electron chi connectivity index (χ0n) is 15.8. The Labute approximate surface area is 181 Å². The molecule has 1 atom stereocenters. The number of nitro groups is 1. The van der Waals surface area contributed by atoms with E-state index in [0.717, 1.165) is 35.8 Å². The van der Waals surface area contributed by atoms with Crippen LogP contribution in [0.5, 0.6) is 0 Å². The molecule has 1 aromatic carbocycles. The molecule has 3 heterocycles. The van der Waals surface area contributed by atoms with Crippen molar-refractivity contribution in [3.63, 3.8) is 0 Å². The summed E-state index contributed by atoms with van der Waals surface area (Å²) in [5.41, 5.74) is 0.943. The summed E-state index contributed by atoms with van der Waals surface area (Å²) in [4.78, 5) is 26.3. The van der Waals surface area contributed by atoms with Gasteiger partial charge in [0.15, 0.2) is 5.82 Å². The molecule has 1 N–H and O–H groups in total. The number of nitro benzene ring substituents is 1. The quantitative estimate of drug-likeness (QED) is 0.456. The average Bonchev–Trinajstić information content (AvgIpc) is 3.30. The monoisotopic (exact) mass is 443 g/mol. The van der Waals surface area contributed by atoms with E-state index in [2.05, 4.69) is 15.5 Å². The second-order valence-corrected chi connectivity index (χ2v) is 8.31. The first-order chi connectivity index (χ1) is 14.5. The van der Waals surface area contributed by atoms with Gasteiger partial charge in [0.1, 0.15) is 10.7 Å². The summed E-state index contributed by atoms with van der Waals surface area (Å²) >= 11 is 7.44. The normalized spacial score (nSPS) is 16.3. The summed E-state index contributed by atoms with van der Waals surface area (Å²) in [7, 11) is 0. The summed E-state index contributed by atoms with van der Waals surface area (Å²) in [6.07, 6.45) is 1.58. The zero-order chi connectivity index (χ0) is 21.1. The van der Waals surface area contributed by atoms with Crippen molar-refractivity contribution >= 4 is 46.0 Å². The first-order valence-corrected chi connectivity index (χ1v) is 10.6. The van der Waals surface area contributed by atoms with Gasteiger partial charge in [0.05, 0.1) is 15.7 Å². The van der Waals surface area contributed by atoms with Crippen molar-refractivity contribution in [2.45, 2.75) is 12.8 Å². The van der Waals surface area contributed by atoms with Crippen LogP contribution >= 0.6 is 22.9 Å². The first kappa shape index (κ1) is 20.2. The molecule has 0 saturated carbocycles. The molecular formula is C20H18ClN5O3S. The van der Waals surface area contributed by atoms with Gasteiger partial charge in [-0.05, 0) is 48.6 Å². The second kappa shape index (κ2) is 8.76. The Bertz CT molecular complexity index is 1060. The van der Waals surface area contributed by atoms with E-state index in [9.17, 15) is 14.9 Å². The molecule has 1 amide bonds. The van der Waals surface area contributed by atoms with Gasteiger partial charge in [0.25, 0.3) is 5.69 Å². The molecule has 8 nitrogen and oxygen atoms in total. The number of thiophene rings is 1. The third kappa shape index (κ3) is 4.42. The van der Waals surface area contributed by atoms with Crippen molar-refractivity contribution in [2.24, 2.45) is 5.92 Å². The van der Waals surface area contributed by atoms with Crippen LogP contribution in [0.25, 0.3) is 10.6 Å². The smallest absolute Gasteiger partial charge is 0.289 e. The predicted octanol–water partition coefficient (Wildman–Crippen LogP) is 4.62. The molecule has 0 aliphatic carbocycles. The Morgan fingerprint density at radius 1 is 1.27 bits per heavy atom. The summed E-state index contributed by atoms with van der Waals surface area (Å²) in [6.45, 7) is 1.30. The first-order valence-electron chi connectivity index (χ1n) is 9.38. The van der Waals surface area contributed by atoms with Gasteiger partial charge >= 0.3 is 0 Å². The largest absolute Gasteiger partial charge is 0.354 e. The van der Waals surface area contributed by atoms with Crippen molar-refractivity contribution in [1.29, 1.82) is 0 Å². The highest BCUT2D eigenvalue weighted by atomic mass is 35.5. The number of anilines is 2. The Morgan fingerprint density at radius 3 is 2.83 bits per heavy atom. The molecule has 0 spiro atoms. The van der Waals surface area contributed by atoms with E-state index in [1.54, 1.807) is 17.4 Å². The van der Waals surface area contributed by atoms with Gasteiger partial charge in [-0.2, -0.15) is 0 Å². The Morgan fingerprint density at radius 2 is 2.13 bits per heavy atom. The third-order valence-electron chi connectivity index (χ3n) is 4.95. The highest BCUT2D eigenvalue weighted by Crippen LogP contribution is 2.29. The molecule has 2 aromatic heterocycles. The molecule has 3 aromatic rings. The van der Waals surface area contributed by atoms with Gasteiger partial charge in [0, 0.05) is 24.8 Å². The maximum absolute atomic E-state index is 12.7. The van der Waals surface area contributed by atoms with Crippen molar-refractivity contribution in [1.82, 2.24) is 10.2 Å². The number of carbonyl (C=O) groups is 1. The van der Waals surface area contributed by atoms with E-state index >= 15 is 0 Å². The minimum absolute atomic E-state index is 0.0337. The Kier molecular flexibility index (Phi) is 5.91. The highest BCUT2D eigenvalue weighted by Gasteiger charge is 2.27. The maximum Gasteiger partial charge on any atom is 0.289 e. The fourth-order valence-electron chi connectivity index (χ4n) is 3.42. The molecular weight excluding hydrogens is 426 g/mol. The van der Waals surface area contributed by atoms with Gasteiger partial charge in [-0.1, -0.05) is 17.7 Å². The van der Waals surface area contributed by atoms with E-state index in [0.29, 0.717) is 12.2 Å². The fraction of sp³-hybridized carbons (Fsp3) is 0.250. The van der Waals surface area contributed by atoms with Gasteiger partial charge < -0.3 is 10.2 Å². The zero-order valence-corrected chi connectivity index (χ0v) is 17.4. The number of piperidine rings is 1. The number of amides is 1. The molecule has 1 unspecified atom stereocenters. The van der Waals surface area contributed by atoms with Crippen molar-refractivity contribution in [3.05, 3.63) is 63.0 Å². The molecule has 0 bridgehead atoms. The average molecular weight is 444 g/mol. The number of hydrogen-bond donors (Lipinski definition) is 1. The minimum atomic E-state index is -0.571. The van der Waals surface area contributed by atoms with E-state index in [1.165, 1.54) is 12.1 Å². The second-order valence-electron chi connectivity index (χ2n) is 6.95. The fourth-order valence-corrected chi connectivity index (χ4v) is 4.30. The maximum atomic E-state index is 12.7. The van der Waals surface area contributed by atoms with Crippen LogP contribution in [-0.2, 0) is 4.79 Å². The van der Waals surface area contributed by atoms with Gasteiger partial charge in [-0.3, -0.25) is 14.9 Å². The number of nitrogens with one attached hydrogen (secondary N) is 1. The van der Waals surface area contributed by atoms with E-state index in [-0.39, 0.29) is 22.5 Å². The molecule has 1 aliphatic heterocycles. The molecule has 154 valence electrons. The summed E-state index contributed by atoms with van der Waals surface area (Å²) in [5.74, 6) is 0.293.